The highest BCUT2D eigenvalue weighted by Gasteiger charge is 2.42. The maximum absolute atomic E-state index is 13.2. The molecule has 1 aromatic rings. The van der Waals surface area contributed by atoms with Crippen LogP contribution >= 0.6 is 0 Å². The van der Waals surface area contributed by atoms with Crippen LogP contribution in [-0.4, -0.2) is 12.9 Å². The molecular weight excluding hydrogens is 256 g/mol. The van der Waals surface area contributed by atoms with Crippen LogP contribution in [0.1, 0.15) is 36.8 Å². The molecule has 19 heavy (non-hydrogen) atoms. The minimum atomic E-state index is -2.65. The van der Waals surface area contributed by atoms with E-state index in [0.717, 1.165) is 6.42 Å². The number of benzene rings is 1. The number of ether oxygens (including phenoxy) is 2. The molecule has 3 rings (SSSR count). The Bertz CT molecular complexity index is 563. The first-order valence-electron chi connectivity index (χ1n) is 5.97. The molecule has 100 valence electrons. The van der Waals surface area contributed by atoms with Gasteiger partial charge in [0.25, 0.3) is 6.43 Å². The summed E-state index contributed by atoms with van der Waals surface area (Å²) >= 11 is 0. The van der Waals surface area contributed by atoms with Gasteiger partial charge in [0, 0.05) is 5.56 Å². The molecule has 1 heterocycles. The lowest BCUT2D eigenvalue weighted by molar-refractivity contribution is 0.143. The Kier molecular flexibility index (Phi) is 2.75. The van der Waals surface area contributed by atoms with Gasteiger partial charge in [-0.15, -0.1) is 0 Å². The highest BCUT2D eigenvalue weighted by Crippen LogP contribution is 2.50. The van der Waals surface area contributed by atoms with Crippen LogP contribution in [0.3, 0.4) is 0 Å². The molecule has 0 unspecified atom stereocenters. The standard InChI is InChI=1S/C13H11F2NO3/c14-12(15)8-4-10-11(19-7-18-10)5-9(8)13(16-6-17)2-1-3-13/h4-5,12H,1-3,7H2. The van der Waals surface area contributed by atoms with Crippen molar-refractivity contribution in [3.05, 3.63) is 23.3 Å². The fourth-order valence-corrected chi connectivity index (χ4v) is 2.58. The molecule has 0 radical (unpaired) electrons. The van der Waals surface area contributed by atoms with Crippen molar-refractivity contribution in [3.63, 3.8) is 0 Å². The van der Waals surface area contributed by atoms with Crippen molar-refractivity contribution in [2.24, 2.45) is 4.99 Å². The third-order valence-electron chi connectivity index (χ3n) is 3.72. The van der Waals surface area contributed by atoms with Gasteiger partial charge in [-0.3, -0.25) is 0 Å². The molecule has 0 spiro atoms. The van der Waals surface area contributed by atoms with Crippen LogP contribution < -0.4 is 9.47 Å². The van der Waals surface area contributed by atoms with Gasteiger partial charge in [0.2, 0.25) is 12.9 Å². The van der Waals surface area contributed by atoms with E-state index < -0.39 is 12.0 Å². The molecule has 0 N–H and O–H groups in total. The summed E-state index contributed by atoms with van der Waals surface area (Å²) < 4.78 is 36.7. The number of carbonyl (C=O) groups excluding carboxylic acids is 1. The number of isocyanates is 1. The van der Waals surface area contributed by atoms with E-state index in [4.69, 9.17) is 9.47 Å². The van der Waals surface area contributed by atoms with Crippen molar-refractivity contribution < 1.29 is 23.0 Å². The summed E-state index contributed by atoms with van der Waals surface area (Å²) in [7, 11) is 0. The predicted octanol–water partition coefficient (Wildman–Crippen LogP) is 3.07. The van der Waals surface area contributed by atoms with Crippen LogP contribution in [-0.2, 0) is 10.3 Å². The van der Waals surface area contributed by atoms with E-state index in [1.165, 1.54) is 18.2 Å². The number of nitrogens with zero attached hydrogens (tertiary/aromatic N) is 1. The molecule has 1 aromatic carbocycles. The molecule has 0 bridgehead atoms. The highest BCUT2D eigenvalue weighted by atomic mass is 19.3. The number of fused-ring (bicyclic) bond motifs is 1. The molecule has 0 atom stereocenters. The van der Waals surface area contributed by atoms with Crippen molar-refractivity contribution >= 4 is 6.08 Å². The zero-order valence-corrected chi connectivity index (χ0v) is 9.99. The fourth-order valence-electron chi connectivity index (χ4n) is 2.58. The first kappa shape index (κ1) is 12.1. The largest absolute Gasteiger partial charge is 0.454 e. The molecule has 0 aromatic heterocycles. The van der Waals surface area contributed by atoms with E-state index >= 15 is 0 Å². The normalized spacial score (nSPS) is 18.9. The molecule has 6 heteroatoms. The van der Waals surface area contributed by atoms with Gasteiger partial charge in [0.1, 0.15) is 0 Å². The van der Waals surface area contributed by atoms with Crippen LogP contribution in [0.25, 0.3) is 0 Å². The van der Waals surface area contributed by atoms with Crippen molar-refractivity contribution in [2.75, 3.05) is 6.79 Å². The molecule has 1 saturated carbocycles. The fraction of sp³-hybridized carbons (Fsp3) is 0.462. The Balaban J connectivity index is 2.16. The van der Waals surface area contributed by atoms with Gasteiger partial charge in [-0.05, 0) is 37.0 Å². The Labute approximate surface area is 108 Å². The topological polar surface area (TPSA) is 47.9 Å². The highest BCUT2D eigenvalue weighted by molar-refractivity contribution is 5.53. The monoisotopic (exact) mass is 267 g/mol. The minimum absolute atomic E-state index is 0.0193. The summed E-state index contributed by atoms with van der Waals surface area (Å²) in [6.45, 7) is 0.0193. The van der Waals surface area contributed by atoms with E-state index in [9.17, 15) is 13.6 Å². The maximum atomic E-state index is 13.2. The lowest BCUT2D eigenvalue weighted by Gasteiger charge is -2.38. The molecule has 0 amide bonds. The first-order valence-corrected chi connectivity index (χ1v) is 5.97. The quantitative estimate of drug-likeness (QED) is 0.624. The van der Waals surface area contributed by atoms with Crippen molar-refractivity contribution in [1.29, 1.82) is 0 Å². The summed E-state index contributed by atoms with van der Waals surface area (Å²) in [5, 5.41) is 0. The van der Waals surface area contributed by atoms with Crippen molar-refractivity contribution in [2.45, 2.75) is 31.2 Å². The van der Waals surface area contributed by atoms with Gasteiger partial charge in [0.05, 0.1) is 5.54 Å². The Morgan fingerprint density at radius 2 is 1.95 bits per heavy atom. The number of rotatable bonds is 3. The van der Waals surface area contributed by atoms with Crippen molar-refractivity contribution in [3.8, 4) is 11.5 Å². The third kappa shape index (κ3) is 1.79. The maximum Gasteiger partial charge on any atom is 0.264 e. The minimum Gasteiger partial charge on any atom is -0.454 e. The lowest BCUT2D eigenvalue weighted by atomic mass is 9.71. The predicted molar refractivity (Wildman–Crippen MR) is 61.2 cm³/mol. The van der Waals surface area contributed by atoms with Crippen LogP contribution in [0.4, 0.5) is 8.78 Å². The van der Waals surface area contributed by atoms with E-state index in [2.05, 4.69) is 4.99 Å². The average molecular weight is 267 g/mol. The molecule has 0 saturated heterocycles. The SMILES string of the molecule is O=C=NC1(c2cc3c(cc2C(F)F)OCO3)CCC1. The zero-order chi connectivity index (χ0) is 13.5. The second kappa shape index (κ2) is 4.31. The van der Waals surface area contributed by atoms with Crippen LogP contribution in [0.5, 0.6) is 11.5 Å². The molecule has 4 nitrogen and oxygen atoms in total. The smallest absolute Gasteiger partial charge is 0.264 e. The number of aliphatic imine (C=N–C) groups is 1. The van der Waals surface area contributed by atoms with Crippen LogP contribution in [0.15, 0.2) is 17.1 Å². The number of halogens is 2. The number of hydrogen-bond donors (Lipinski definition) is 0. The van der Waals surface area contributed by atoms with E-state index in [1.54, 1.807) is 0 Å². The average Bonchev–Trinajstić information content (AvgIpc) is 2.79. The summed E-state index contributed by atoms with van der Waals surface area (Å²) in [5.41, 5.74) is -0.668. The van der Waals surface area contributed by atoms with Gasteiger partial charge >= 0.3 is 0 Å². The molecule has 1 aliphatic heterocycles. The van der Waals surface area contributed by atoms with Gasteiger partial charge in [-0.25, -0.2) is 13.6 Å². The van der Waals surface area contributed by atoms with Gasteiger partial charge in [0.15, 0.2) is 11.5 Å². The summed E-state index contributed by atoms with van der Waals surface area (Å²) in [5.74, 6) is 0.732. The number of alkyl halides is 2. The van der Waals surface area contributed by atoms with Crippen LogP contribution in [0, 0.1) is 0 Å². The van der Waals surface area contributed by atoms with Crippen LogP contribution in [0.2, 0.25) is 0 Å². The molecule has 1 aliphatic carbocycles. The van der Waals surface area contributed by atoms with Gasteiger partial charge in [-0.1, -0.05) is 0 Å². The zero-order valence-electron chi connectivity index (χ0n) is 9.99. The second-order valence-corrected chi connectivity index (χ2v) is 4.68. The Morgan fingerprint density at radius 1 is 1.26 bits per heavy atom. The van der Waals surface area contributed by atoms with E-state index in [-0.39, 0.29) is 12.4 Å². The van der Waals surface area contributed by atoms with Crippen molar-refractivity contribution in [1.82, 2.24) is 0 Å². The molecule has 2 aliphatic rings. The number of hydrogen-bond acceptors (Lipinski definition) is 4. The summed E-state index contributed by atoms with van der Waals surface area (Å²) in [6, 6.07) is 2.80. The molecular formula is C13H11F2NO3. The summed E-state index contributed by atoms with van der Waals surface area (Å²) in [4.78, 5) is 14.3. The van der Waals surface area contributed by atoms with Gasteiger partial charge in [-0.2, -0.15) is 4.99 Å². The van der Waals surface area contributed by atoms with Gasteiger partial charge < -0.3 is 9.47 Å². The second-order valence-electron chi connectivity index (χ2n) is 4.68. The molecule has 1 fully saturated rings. The lowest BCUT2D eigenvalue weighted by Crippen LogP contribution is -2.33. The third-order valence-corrected chi connectivity index (χ3v) is 3.72. The Hall–Kier alpha value is -1.94. The van der Waals surface area contributed by atoms with E-state index in [0.29, 0.717) is 29.9 Å². The summed E-state index contributed by atoms with van der Waals surface area (Å²) in [6.07, 6.45) is 0.843. The first-order chi connectivity index (χ1) is 9.16. The van der Waals surface area contributed by atoms with E-state index in [1.807, 2.05) is 0 Å². The Morgan fingerprint density at radius 3 is 2.47 bits per heavy atom.